The molecule has 134 valence electrons. The van der Waals surface area contributed by atoms with E-state index in [-0.39, 0.29) is 18.4 Å². The number of benzene rings is 2. The molecule has 0 radical (unpaired) electrons. The number of carbonyl (C=O) groups is 2. The van der Waals surface area contributed by atoms with Crippen LogP contribution in [0.1, 0.15) is 38.2 Å². The van der Waals surface area contributed by atoms with Gasteiger partial charge in [0.2, 0.25) is 5.91 Å². The summed E-state index contributed by atoms with van der Waals surface area (Å²) in [6.45, 7) is 3.93. The highest BCUT2D eigenvalue weighted by atomic mass is 16.5. The van der Waals surface area contributed by atoms with Gasteiger partial charge in [-0.05, 0) is 41.8 Å². The van der Waals surface area contributed by atoms with Crippen LogP contribution in [0.3, 0.4) is 0 Å². The largest absolute Gasteiger partial charge is 0.497 e. The van der Waals surface area contributed by atoms with Crippen LogP contribution in [0.4, 0.5) is 0 Å². The van der Waals surface area contributed by atoms with Gasteiger partial charge in [-0.3, -0.25) is 9.59 Å². The van der Waals surface area contributed by atoms with Gasteiger partial charge in [0, 0.05) is 6.54 Å². The first-order valence-corrected chi connectivity index (χ1v) is 8.54. The van der Waals surface area contributed by atoms with Crippen molar-refractivity contribution in [1.29, 1.82) is 0 Å². The van der Waals surface area contributed by atoms with Crippen LogP contribution in [0, 0.1) is 5.92 Å². The smallest absolute Gasteiger partial charge is 0.308 e. The third-order valence-corrected chi connectivity index (χ3v) is 4.47. The van der Waals surface area contributed by atoms with Crippen molar-refractivity contribution in [2.75, 3.05) is 13.7 Å². The first-order chi connectivity index (χ1) is 12.0. The lowest BCUT2D eigenvalue weighted by atomic mass is 9.96. The molecular weight excluding hydrogens is 318 g/mol. The topological polar surface area (TPSA) is 75.6 Å². The van der Waals surface area contributed by atoms with Crippen LogP contribution in [0.15, 0.2) is 36.4 Å². The summed E-state index contributed by atoms with van der Waals surface area (Å²) in [5, 5.41) is 14.0. The molecule has 0 aliphatic rings. The molecule has 0 aliphatic carbocycles. The Balaban J connectivity index is 2.08. The normalized spacial score (nSPS) is 13.2. The molecule has 2 atom stereocenters. The highest BCUT2D eigenvalue weighted by Crippen LogP contribution is 2.25. The minimum absolute atomic E-state index is 0.157. The molecule has 1 unspecified atom stereocenters. The molecule has 1 amide bonds. The van der Waals surface area contributed by atoms with Gasteiger partial charge in [-0.15, -0.1) is 0 Å². The molecule has 0 fully saturated rings. The summed E-state index contributed by atoms with van der Waals surface area (Å²) in [5.41, 5.74) is 0.900. The highest BCUT2D eigenvalue weighted by molar-refractivity contribution is 5.88. The second kappa shape index (κ2) is 8.51. The predicted octanol–water partition coefficient (Wildman–Crippen LogP) is 3.57. The average molecular weight is 343 g/mol. The number of rotatable bonds is 8. The fourth-order valence-electron chi connectivity index (χ4n) is 2.83. The van der Waals surface area contributed by atoms with E-state index in [0.717, 1.165) is 28.5 Å². The lowest BCUT2D eigenvalue weighted by Crippen LogP contribution is -2.35. The Bertz CT molecular complexity index is 756. The fourth-order valence-corrected chi connectivity index (χ4v) is 2.83. The van der Waals surface area contributed by atoms with E-state index in [1.165, 1.54) is 0 Å². The van der Waals surface area contributed by atoms with E-state index >= 15 is 0 Å². The van der Waals surface area contributed by atoms with E-state index in [2.05, 4.69) is 5.32 Å². The molecule has 25 heavy (non-hydrogen) atoms. The molecule has 2 aromatic carbocycles. The number of nitrogens with one attached hydrogen (secondary N) is 1. The van der Waals surface area contributed by atoms with Crippen LogP contribution in [-0.2, 0) is 9.59 Å². The minimum Gasteiger partial charge on any atom is -0.497 e. The van der Waals surface area contributed by atoms with Crippen molar-refractivity contribution in [2.45, 2.75) is 32.6 Å². The highest BCUT2D eigenvalue weighted by Gasteiger charge is 2.20. The molecule has 0 aliphatic heterocycles. The van der Waals surface area contributed by atoms with E-state index in [0.29, 0.717) is 6.42 Å². The van der Waals surface area contributed by atoms with Crippen molar-refractivity contribution in [3.63, 3.8) is 0 Å². The van der Waals surface area contributed by atoms with Crippen LogP contribution in [0.5, 0.6) is 5.75 Å². The van der Waals surface area contributed by atoms with Gasteiger partial charge in [-0.1, -0.05) is 37.6 Å². The lowest BCUT2D eigenvalue weighted by molar-refractivity contribution is -0.142. The number of carboxylic acids is 1. The van der Waals surface area contributed by atoms with Crippen molar-refractivity contribution in [1.82, 2.24) is 5.32 Å². The van der Waals surface area contributed by atoms with E-state index in [4.69, 9.17) is 4.74 Å². The van der Waals surface area contributed by atoms with E-state index in [1.54, 1.807) is 7.11 Å². The molecule has 0 aromatic heterocycles. The summed E-state index contributed by atoms with van der Waals surface area (Å²) in [7, 11) is 1.63. The Morgan fingerprint density at radius 2 is 1.84 bits per heavy atom. The van der Waals surface area contributed by atoms with Gasteiger partial charge in [-0.25, -0.2) is 0 Å². The molecule has 0 saturated heterocycles. The number of methoxy groups -OCH3 is 1. The maximum Gasteiger partial charge on any atom is 0.308 e. The van der Waals surface area contributed by atoms with Crippen LogP contribution < -0.4 is 10.1 Å². The van der Waals surface area contributed by atoms with Gasteiger partial charge in [0.15, 0.2) is 0 Å². The van der Waals surface area contributed by atoms with E-state index in [1.807, 2.05) is 50.2 Å². The Hall–Kier alpha value is -2.56. The summed E-state index contributed by atoms with van der Waals surface area (Å²) >= 11 is 0. The molecule has 0 spiro atoms. The van der Waals surface area contributed by atoms with Crippen molar-refractivity contribution >= 4 is 22.6 Å². The summed E-state index contributed by atoms with van der Waals surface area (Å²) < 4.78 is 5.22. The fraction of sp³-hybridized carbons (Fsp3) is 0.400. The molecule has 0 saturated carbocycles. The lowest BCUT2D eigenvalue weighted by Gasteiger charge is -2.16. The number of carboxylic acid groups (broad SMARTS) is 1. The number of aliphatic carboxylic acids is 1. The van der Waals surface area contributed by atoms with Gasteiger partial charge in [0.05, 0.1) is 18.9 Å². The van der Waals surface area contributed by atoms with Crippen LogP contribution in [0.25, 0.3) is 10.8 Å². The maximum absolute atomic E-state index is 12.4. The quantitative estimate of drug-likeness (QED) is 0.768. The Morgan fingerprint density at radius 1 is 1.16 bits per heavy atom. The number of amides is 1. The SMILES string of the molecule is CCCC(CNC(=O)[C@@H](C)c1ccc2cc(OC)ccc2c1)C(=O)O. The first kappa shape index (κ1) is 18.8. The standard InChI is InChI=1S/C20H25NO4/c1-4-5-17(20(23)24)12-21-19(22)13(2)14-6-7-16-11-18(25-3)9-8-15(16)10-14/h6-11,13,17H,4-5,12H2,1-3H3,(H,21,22)(H,23,24)/t13-,17?/m0/s1. The molecule has 5 heteroatoms. The number of ether oxygens (including phenoxy) is 1. The number of fused-ring (bicyclic) bond motifs is 1. The maximum atomic E-state index is 12.4. The molecular formula is C20H25NO4. The van der Waals surface area contributed by atoms with Crippen molar-refractivity contribution in [3.05, 3.63) is 42.0 Å². The van der Waals surface area contributed by atoms with Gasteiger partial charge >= 0.3 is 5.97 Å². The molecule has 2 N–H and O–H groups in total. The summed E-state index contributed by atoms with van der Waals surface area (Å²) in [4.78, 5) is 23.6. The molecule has 0 heterocycles. The molecule has 5 nitrogen and oxygen atoms in total. The Labute approximate surface area is 148 Å². The predicted molar refractivity (Wildman–Crippen MR) is 98.0 cm³/mol. The second-order valence-corrected chi connectivity index (χ2v) is 6.26. The number of hydrogen-bond acceptors (Lipinski definition) is 3. The van der Waals surface area contributed by atoms with Gasteiger partial charge in [-0.2, -0.15) is 0 Å². The monoisotopic (exact) mass is 343 g/mol. The van der Waals surface area contributed by atoms with Gasteiger partial charge < -0.3 is 15.2 Å². The second-order valence-electron chi connectivity index (χ2n) is 6.26. The van der Waals surface area contributed by atoms with Crippen molar-refractivity contribution in [2.24, 2.45) is 5.92 Å². The van der Waals surface area contributed by atoms with Gasteiger partial charge in [0.1, 0.15) is 5.75 Å². The Morgan fingerprint density at radius 3 is 2.48 bits per heavy atom. The first-order valence-electron chi connectivity index (χ1n) is 8.54. The zero-order chi connectivity index (χ0) is 18.4. The summed E-state index contributed by atoms with van der Waals surface area (Å²) in [6, 6.07) is 11.7. The van der Waals surface area contributed by atoms with Crippen LogP contribution >= 0.6 is 0 Å². The Kier molecular flexibility index (Phi) is 6.39. The minimum atomic E-state index is -0.866. The van der Waals surface area contributed by atoms with Crippen molar-refractivity contribution in [3.8, 4) is 5.75 Å². The molecule has 0 bridgehead atoms. The van der Waals surface area contributed by atoms with E-state index < -0.39 is 11.9 Å². The molecule has 2 rings (SSSR count). The number of hydrogen-bond donors (Lipinski definition) is 2. The van der Waals surface area contributed by atoms with Crippen molar-refractivity contribution < 1.29 is 19.4 Å². The summed E-state index contributed by atoms with van der Waals surface area (Å²) in [5.74, 6) is -1.11. The zero-order valence-electron chi connectivity index (χ0n) is 14.9. The van der Waals surface area contributed by atoms with E-state index in [9.17, 15) is 14.7 Å². The third-order valence-electron chi connectivity index (χ3n) is 4.47. The zero-order valence-corrected chi connectivity index (χ0v) is 14.9. The average Bonchev–Trinajstić information content (AvgIpc) is 2.62. The number of carbonyl (C=O) groups excluding carboxylic acids is 1. The van der Waals surface area contributed by atoms with Crippen LogP contribution in [0.2, 0.25) is 0 Å². The van der Waals surface area contributed by atoms with Crippen LogP contribution in [-0.4, -0.2) is 30.6 Å². The summed E-state index contributed by atoms with van der Waals surface area (Å²) in [6.07, 6.45) is 1.33. The molecule has 2 aromatic rings. The van der Waals surface area contributed by atoms with Gasteiger partial charge in [0.25, 0.3) is 0 Å². The third kappa shape index (κ3) is 4.72.